The van der Waals surface area contributed by atoms with E-state index in [1.165, 1.54) is 24.3 Å². The molecule has 0 spiro atoms. The van der Waals surface area contributed by atoms with E-state index in [1.807, 2.05) is 0 Å². The molecule has 2 N–H and O–H groups in total. The molecule has 4 nitrogen and oxygen atoms in total. The van der Waals surface area contributed by atoms with E-state index in [9.17, 15) is 21.6 Å². The Kier molecular flexibility index (Phi) is 4.59. The second-order valence-corrected chi connectivity index (χ2v) is 9.36. The van der Waals surface area contributed by atoms with Crippen molar-refractivity contribution in [1.29, 1.82) is 0 Å². The van der Waals surface area contributed by atoms with Crippen LogP contribution in [-0.4, -0.2) is 13.4 Å². The number of nitrogens with two attached hydrogens (primary N) is 1. The van der Waals surface area contributed by atoms with Crippen molar-refractivity contribution in [1.82, 2.24) is 4.98 Å². The molecule has 2 aromatic carbocycles. The molecule has 0 atom stereocenters. The van der Waals surface area contributed by atoms with Gasteiger partial charge in [0.1, 0.15) is 9.04 Å². The largest absolute Gasteiger partial charge is 0.417 e. The molecule has 2 aromatic heterocycles. The summed E-state index contributed by atoms with van der Waals surface area (Å²) in [4.78, 5) is 4.16. The zero-order valence-corrected chi connectivity index (χ0v) is 16.3. The minimum Gasteiger partial charge on any atom is -0.396 e. The van der Waals surface area contributed by atoms with Crippen LogP contribution in [0.5, 0.6) is 0 Å². The molecule has 2 heterocycles. The molecule has 0 fully saturated rings. The van der Waals surface area contributed by atoms with Gasteiger partial charge in [-0.2, -0.15) is 13.2 Å². The number of hydrogen-bond acceptors (Lipinski definition) is 5. The summed E-state index contributed by atoms with van der Waals surface area (Å²) in [6, 6.07) is 16.7. The van der Waals surface area contributed by atoms with Gasteiger partial charge in [0.25, 0.3) is 0 Å². The van der Waals surface area contributed by atoms with Crippen LogP contribution in [0.25, 0.3) is 21.5 Å². The Bertz CT molecular complexity index is 1300. The van der Waals surface area contributed by atoms with E-state index in [0.29, 0.717) is 16.9 Å². The Morgan fingerprint density at radius 3 is 2.10 bits per heavy atom. The molecular weight excluding hydrogens is 421 g/mol. The van der Waals surface area contributed by atoms with E-state index in [4.69, 9.17) is 5.73 Å². The molecule has 29 heavy (non-hydrogen) atoms. The first-order chi connectivity index (χ1) is 13.7. The van der Waals surface area contributed by atoms with Crippen molar-refractivity contribution in [2.75, 3.05) is 5.73 Å². The summed E-state index contributed by atoms with van der Waals surface area (Å²) < 4.78 is 67.0. The van der Waals surface area contributed by atoms with Gasteiger partial charge in [0, 0.05) is 10.9 Å². The molecule has 0 amide bonds. The summed E-state index contributed by atoms with van der Waals surface area (Å²) in [5.74, 6) is 0. The molecule has 0 aliphatic rings. The topological polar surface area (TPSA) is 73.1 Å². The molecule has 0 saturated heterocycles. The van der Waals surface area contributed by atoms with Crippen LogP contribution in [0.3, 0.4) is 0 Å². The summed E-state index contributed by atoms with van der Waals surface area (Å²) >= 11 is 0.641. The van der Waals surface area contributed by atoms with Gasteiger partial charge in [-0.15, -0.1) is 11.3 Å². The van der Waals surface area contributed by atoms with E-state index >= 15 is 0 Å². The zero-order chi connectivity index (χ0) is 20.8. The first-order valence-electron chi connectivity index (χ1n) is 8.35. The van der Waals surface area contributed by atoms with Crippen LogP contribution >= 0.6 is 11.3 Å². The van der Waals surface area contributed by atoms with Gasteiger partial charge in [0.15, 0.2) is 0 Å². The molecule has 0 bridgehead atoms. The Balaban J connectivity index is 2.03. The third-order valence-electron chi connectivity index (χ3n) is 4.34. The zero-order valence-electron chi connectivity index (χ0n) is 14.6. The number of sulfone groups is 1. The standard InChI is InChI=1S/C20H13F3N2O2S2/c21-20(22,23)14-11-15(12-7-3-1-4-8-12)25-18-16(14)17(24)19(28-18)29(26,27)13-9-5-2-6-10-13/h1-11H,24H2. The Morgan fingerprint density at radius 2 is 1.52 bits per heavy atom. The van der Waals surface area contributed by atoms with E-state index in [2.05, 4.69) is 4.98 Å². The third-order valence-corrected chi connectivity index (χ3v) is 7.74. The molecule has 9 heteroatoms. The van der Waals surface area contributed by atoms with Crippen LogP contribution in [0.1, 0.15) is 5.56 Å². The number of pyridine rings is 1. The van der Waals surface area contributed by atoms with Gasteiger partial charge in [-0.3, -0.25) is 0 Å². The van der Waals surface area contributed by atoms with Crippen LogP contribution < -0.4 is 5.73 Å². The van der Waals surface area contributed by atoms with Crippen LogP contribution in [0.2, 0.25) is 0 Å². The molecule has 0 radical (unpaired) electrons. The highest BCUT2D eigenvalue weighted by Crippen LogP contribution is 2.46. The smallest absolute Gasteiger partial charge is 0.396 e. The van der Waals surface area contributed by atoms with E-state index < -0.39 is 32.7 Å². The van der Waals surface area contributed by atoms with Gasteiger partial charge in [-0.1, -0.05) is 48.5 Å². The third kappa shape index (κ3) is 3.36. The number of alkyl halides is 3. The monoisotopic (exact) mass is 434 g/mol. The number of anilines is 1. The number of halogens is 3. The number of fused-ring (bicyclic) bond motifs is 1. The van der Waals surface area contributed by atoms with Crippen molar-refractivity contribution < 1.29 is 21.6 Å². The summed E-state index contributed by atoms with van der Waals surface area (Å²) in [6.45, 7) is 0. The minimum absolute atomic E-state index is 0.0462. The maximum absolute atomic E-state index is 13.8. The maximum atomic E-state index is 13.8. The van der Waals surface area contributed by atoms with Gasteiger partial charge in [0.05, 0.1) is 21.8 Å². The molecule has 4 rings (SSSR count). The molecule has 148 valence electrons. The fraction of sp³-hybridized carbons (Fsp3) is 0.0500. The van der Waals surface area contributed by atoms with Crippen molar-refractivity contribution in [3.8, 4) is 11.3 Å². The van der Waals surface area contributed by atoms with Crippen molar-refractivity contribution in [2.24, 2.45) is 0 Å². The highest BCUT2D eigenvalue weighted by Gasteiger charge is 2.37. The number of rotatable bonds is 3. The lowest BCUT2D eigenvalue weighted by Crippen LogP contribution is -2.08. The van der Waals surface area contributed by atoms with Crippen molar-refractivity contribution >= 4 is 37.1 Å². The SMILES string of the molecule is Nc1c(S(=O)(=O)c2ccccc2)sc2nc(-c3ccccc3)cc(C(F)(F)F)c12. The summed E-state index contributed by atoms with van der Waals surface area (Å²) in [7, 11) is -4.09. The van der Waals surface area contributed by atoms with Crippen LogP contribution in [0.4, 0.5) is 18.9 Å². The molecule has 0 saturated carbocycles. The minimum atomic E-state index is -4.73. The summed E-state index contributed by atoms with van der Waals surface area (Å²) in [5, 5.41) is -0.392. The fourth-order valence-electron chi connectivity index (χ4n) is 2.99. The average molecular weight is 434 g/mol. The van der Waals surface area contributed by atoms with Gasteiger partial charge in [-0.05, 0) is 18.2 Å². The van der Waals surface area contributed by atoms with Crippen LogP contribution in [-0.2, 0) is 16.0 Å². The van der Waals surface area contributed by atoms with Crippen LogP contribution in [0, 0.1) is 0 Å². The first-order valence-corrected chi connectivity index (χ1v) is 10.7. The number of nitrogen functional groups attached to an aromatic ring is 1. The van der Waals surface area contributed by atoms with Gasteiger partial charge < -0.3 is 5.73 Å². The van der Waals surface area contributed by atoms with Gasteiger partial charge >= 0.3 is 6.18 Å². The number of thiophene rings is 1. The van der Waals surface area contributed by atoms with E-state index in [-0.39, 0.29) is 19.6 Å². The lowest BCUT2D eigenvalue weighted by atomic mass is 10.1. The predicted molar refractivity (Wildman–Crippen MR) is 106 cm³/mol. The number of aromatic nitrogens is 1. The van der Waals surface area contributed by atoms with Crippen molar-refractivity contribution in [3.05, 3.63) is 72.3 Å². The van der Waals surface area contributed by atoms with Crippen molar-refractivity contribution in [3.63, 3.8) is 0 Å². The van der Waals surface area contributed by atoms with Gasteiger partial charge in [-0.25, -0.2) is 13.4 Å². The Labute approximate surface area is 168 Å². The van der Waals surface area contributed by atoms with Gasteiger partial charge in [0.2, 0.25) is 9.84 Å². The highest BCUT2D eigenvalue weighted by atomic mass is 32.2. The predicted octanol–water partition coefficient (Wildman–Crippen LogP) is 5.40. The fourth-order valence-corrected chi connectivity index (χ4v) is 5.93. The Morgan fingerprint density at radius 1 is 0.931 bits per heavy atom. The quantitative estimate of drug-likeness (QED) is 0.469. The first kappa shape index (κ1) is 19.4. The normalized spacial score (nSPS) is 12.4. The lowest BCUT2D eigenvalue weighted by Gasteiger charge is -2.11. The summed E-state index contributed by atoms with van der Waals surface area (Å²) in [6.07, 6.45) is -4.73. The number of hydrogen-bond donors (Lipinski definition) is 1. The molecule has 0 aliphatic carbocycles. The number of benzene rings is 2. The van der Waals surface area contributed by atoms with Crippen LogP contribution in [0.15, 0.2) is 75.8 Å². The number of nitrogens with zero attached hydrogens (tertiary/aromatic N) is 1. The second-order valence-electron chi connectivity index (χ2n) is 6.22. The lowest BCUT2D eigenvalue weighted by molar-refractivity contribution is -0.136. The highest BCUT2D eigenvalue weighted by molar-refractivity contribution is 7.93. The summed E-state index contributed by atoms with van der Waals surface area (Å²) in [5.41, 5.74) is 5.07. The molecule has 4 aromatic rings. The molecular formula is C20H13F3N2O2S2. The molecule has 0 unspecified atom stereocenters. The average Bonchev–Trinajstić information content (AvgIpc) is 3.05. The second kappa shape index (κ2) is 6.85. The van der Waals surface area contributed by atoms with E-state index in [0.717, 1.165) is 6.07 Å². The van der Waals surface area contributed by atoms with Crippen molar-refractivity contribution in [2.45, 2.75) is 15.3 Å². The molecule has 0 aliphatic heterocycles. The Hall–Kier alpha value is -2.91. The van der Waals surface area contributed by atoms with E-state index in [1.54, 1.807) is 36.4 Å². The maximum Gasteiger partial charge on any atom is 0.417 e.